The van der Waals surface area contributed by atoms with Crippen LogP contribution in [0.4, 0.5) is 5.82 Å². The van der Waals surface area contributed by atoms with Crippen LogP contribution in [0.3, 0.4) is 0 Å². The van der Waals surface area contributed by atoms with Gasteiger partial charge in [0.2, 0.25) is 5.88 Å². The van der Waals surface area contributed by atoms with E-state index in [0.29, 0.717) is 25.1 Å². The number of hydrogen-bond donors (Lipinski definition) is 1. The number of anilines is 1. The quantitative estimate of drug-likeness (QED) is 0.847. The molecule has 0 aliphatic carbocycles. The lowest BCUT2D eigenvalue weighted by atomic mass is 10.1. The Kier molecular flexibility index (Phi) is 4.78. The Morgan fingerprint density at radius 2 is 2.17 bits per heavy atom. The second-order valence-electron chi connectivity index (χ2n) is 4.38. The second kappa shape index (κ2) is 6.56. The van der Waals surface area contributed by atoms with E-state index < -0.39 is 0 Å². The average Bonchev–Trinajstić information content (AvgIpc) is 2.46. The van der Waals surface area contributed by atoms with Crippen molar-refractivity contribution in [2.45, 2.75) is 18.9 Å². The fourth-order valence-electron chi connectivity index (χ4n) is 2.18. The zero-order valence-corrected chi connectivity index (χ0v) is 10.8. The summed E-state index contributed by atoms with van der Waals surface area (Å²) < 4.78 is 10.8. The maximum absolute atomic E-state index is 5.66. The fraction of sp³-hybridized carbons (Fsp3) is 0.615. The monoisotopic (exact) mass is 251 g/mol. The number of methoxy groups -OCH3 is 1. The molecule has 2 N–H and O–H groups in total. The van der Waals surface area contributed by atoms with Gasteiger partial charge in [-0.3, -0.25) is 0 Å². The Hall–Kier alpha value is -1.33. The highest BCUT2D eigenvalue weighted by Crippen LogP contribution is 2.21. The topological polar surface area (TPSA) is 60.6 Å². The van der Waals surface area contributed by atoms with E-state index in [1.54, 1.807) is 7.11 Å². The summed E-state index contributed by atoms with van der Waals surface area (Å²) in [5.74, 6) is 1.64. The molecule has 1 aliphatic heterocycles. The normalized spacial score (nSPS) is 16.9. The van der Waals surface area contributed by atoms with Gasteiger partial charge in [0, 0.05) is 25.7 Å². The van der Waals surface area contributed by atoms with Crippen LogP contribution >= 0.6 is 0 Å². The van der Waals surface area contributed by atoms with Crippen LogP contribution in [-0.2, 0) is 4.74 Å². The lowest BCUT2D eigenvalue weighted by molar-refractivity contribution is 0.0421. The van der Waals surface area contributed by atoms with Gasteiger partial charge < -0.3 is 20.1 Å². The third kappa shape index (κ3) is 3.34. The molecule has 1 aromatic rings. The molecule has 0 bridgehead atoms. The van der Waals surface area contributed by atoms with Crippen LogP contribution in [0.2, 0.25) is 0 Å². The van der Waals surface area contributed by atoms with Crippen LogP contribution < -0.4 is 15.4 Å². The predicted molar refractivity (Wildman–Crippen MR) is 71.0 cm³/mol. The third-order valence-electron chi connectivity index (χ3n) is 3.16. The molecule has 1 aliphatic rings. The van der Waals surface area contributed by atoms with Gasteiger partial charge in [0.25, 0.3) is 0 Å². The van der Waals surface area contributed by atoms with Crippen molar-refractivity contribution in [3.63, 3.8) is 0 Å². The van der Waals surface area contributed by atoms with E-state index in [4.69, 9.17) is 15.2 Å². The third-order valence-corrected chi connectivity index (χ3v) is 3.16. The number of hydrogen-bond acceptors (Lipinski definition) is 5. The molecular weight excluding hydrogens is 230 g/mol. The Bertz CT molecular complexity index is 365. The summed E-state index contributed by atoms with van der Waals surface area (Å²) in [6, 6.07) is 5.85. The van der Waals surface area contributed by atoms with Crippen LogP contribution in [0, 0.1) is 0 Å². The smallest absolute Gasteiger partial charge is 0.214 e. The van der Waals surface area contributed by atoms with Gasteiger partial charge in [0.1, 0.15) is 5.82 Å². The van der Waals surface area contributed by atoms with Gasteiger partial charge in [-0.2, -0.15) is 4.98 Å². The number of aromatic nitrogens is 1. The summed E-state index contributed by atoms with van der Waals surface area (Å²) in [7, 11) is 1.64. The van der Waals surface area contributed by atoms with E-state index in [9.17, 15) is 0 Å². The zero-order chi connectivity index (χ0) is 12.8. The van der Waals surface area contributed by atoms with E-state index >= 15 is 0 Å². The summed E-state index contributed by atoms with van der Waals surface area (Å²) in [6.45, 7) is 3.19. The molecule has 5 nitrogen and oxygen atoms in total. The number of piperidine rings is 1. The Morgan fingerprint density at radius 1 is 1.39 bits per heavy atom. The summed E-state index contributed by atoms with van der Waals surface area (Å²) in [5.41, 5.74) is 5.44. The number of rotatable bonds is 5. The maximum Gasteiger partial charge on any atom is 0.214 e. The SMILES string of the molecule is COc1cccc(N2CCC(OCCN)CC2)n1. The number of pyridine rings is 1. The second-order valence-corrected chi connectivity index (χ2v) is 4.38. The fourth-order valence-corrected chi connectivity index (χ4v) is 2.18. The van der Waals surface area contributed by atoms with Crippen molar-refractivity contribution in [2.75, 3.05) is 38.3 Å². The first kappa shape index (κ1) is 13.1. The Morgan fingerprint density at radius 3 is 2.83 bits per heavy atom. The summed E-state index contributed by atoms with van der Waals surface area (Å²) in [5, 5.41) is 0. The molecule has 1 aromatic heterocycles. The number of nitrogens with zero attached hydrogens (tertiary/aromatic N) is 2. The van der Waals surface area contributed by atoms with Gasteiger partial charge in [-0.1, -0.05) is 6.07 Å². The van der Waals surface area contributed by atoms with E-state index in [-0.39, 0.29) is 0 Å². The number of ether oxygens (including phenoxy) is 2. The van der Waals surface area contributed by atoms with Gasteiger partial charge in [-0.25, -0.2) is 0 Å². The van der Waals surface area contributed by atoms with Crippen LogP contribution in [0.5, 0.6) is 5.88 Å². The molecule has 0 saturated carbocycles. The largest absolute Gasteiger partial charge is 0.481 e. The first-order chi connectivity index (χ1) is 8.83. The lowest BCUT2D eigenvalue weighted by Crippen LogP contribution is -2.38. The van der Waals surface area contributed by atoms with E-state index in [0.717, 1.165) is 31.7 Å². The molecule has 0 unspecified atom stereocenters. The van der Waals surface area contributed by atoms with Crippen LogP contribution in [0.25, 0.3) is 0 Å². The van der Waals surface area contributed by atoms with Gasteiger partial charge >= 0.3 is 0 Å². The summed E-state index contributed by atoms with van der Waals surface area (Å²) in [6.07, 6.45) is 2.40. The van der Waals surface area contributed by atoms with Crippen molar-refractivity contribution in [2.24, 2.45) is 5.73 Å². The first-order valence-corrected chi connectivity index (χ1v) is 6.41. The molecule has 0 radical (unpaired) electrons. The molecule has 0 atom stereocenters. The molecule has 2 rings (SSSR count). The Labute approximate surface area is 108 Å². The molecule has 18 heavy (non-hydrogen) atoms. The molecule has 1 fully saturated rings. The summed E-state index contributed by atoms with van der Waals surface area (Å²) in [4.78, 5) is 6.71. The van der Waals surface area contributed by atoms with E-state index in [1.807, 2.05) is 18.2 Å². The predicted octanol–water partition coefficient (Wildman–Crippen LogP) is 1.03. The minimum absolute atomic E-state index is 0.343. The molecule has 5 heteroatoms. The molecule has 100 valence electrons. The van der Waals surface area contributed by atoms with Crippen molar-refractivity contribution >= 4 is 5.82 Å². The molecule has 2 heterocycles. The number of nitrogens with two attached hydrogens (primary N) is 1. The van der Waals surface area contributed by atoms with Crippen molar-refractivity contribution in [1.82, 2.24) is 4.98 Å². The highest BCUT2D eigenvalue weighted by molar-refractivity contribution is 5.41. The average molecular weight is 251 g/mol. The van der Waals surface area contributed by atoms with Crippen LogP contribution in [0.15, 0.2) is 18.2 Å². The molecular formula is C13H21N3O2. The minimum atomic E-state index is 0.343. The zero-order valence-electron chi connectivity index (χ0n) is 10.8. The van der Waals surface area contributed by atoms with Crippen molar-refractivity contribution < 1.29 is 9.47 Å². The van der Waals surface area contributed by atoms with Gasteiger partial charge in [0.05, 0.1) is 19.8 Å². The minimum Gasteiger partial charge on any atom is -0.481 e. The van der Waals surface area contributed by atoms with Crippen molar-refractivity contribution in [3.05, 3.63) is 18.2 Å². The van der Waals surface area contributed by atoms with Crippen LogP contribution in [0.1, 0.15) is 12.8 Å². The first-order valence-electron chi connectivity index (χ1n) is 6.41. The maximum atomic E-state index is 5.66. The van der Waals surface area contributed by atoms with Crippen molar-refractivity contribution in [3.8, 4) is 5.88 Å². The Balaban J connectivity index is 1.88. The van der Waals surface area contributed by atoms with Crippen molar-refractivity contribution in [1.29, 1.82) is 0 Å². The lowest BCUT2D eigenvalue weighted by Gasteiger charge is -2.32. The van der Waals surface area contributed by atoms with Gasteiger partial charge in [-0.15, -0.1) is 0 Å². The molecule has 0 amide bonds. The van der Waals surface area contributed by atoms with E-state index in [2.05, 4.69) is 9.88 Å². The standard InChI is InChI=1S/C13H21N3O2/c1-17-13-4-2-3-12(15-13)16-8-5-11(6-9-16)18-10-7-14/h2-4,11H,5-10,14H2,1H3. The highest BCUT2D eigenvalue weighted by atomic mass is 16.5. The summed E-state index contributed by atoms with van der Waals surface area (Å²) >= 11 is 0. The molecule has 0 spiro atoms. The van der Waals surface area contributed by atoms with E-state index in [1.165, 1.54) is 0 Å². The highest BCUT2D eigenvalue weighted by Gasteiger charge is 2.20. The van der Waals surface area contributed by atoms with Gasteiger partial charge in [0.15, 0.2) is 0 Å². The molecule has 1 saturated heterocycles. The van der Waals surface area contributed by atoms with Crippen LogP contribution in [-0.4, -0.2) is 44.4 Å². The van der Waals surface area contributed by atoms with Gasteiger partial charge in [-0.05, 0) is 18.9 Å². The molecule has 0 aromatic carbocycles.